The zero-order chi connectivity index (χ0) is 23.7. The van der Waals surface area contributed by atoms with Gasteiger partial charge in [-0.05, 0) is 49.1 Å². The number of nitrogens with zero attached hydrogens (tertiary/aromatic N) is 1. The van der Waals surface area contributed by atoms with Crippen LogP contribution in [-0.4, -0.2) is 16.8 Å². The van der Waals surface area contributed by atoms with Gasteiger partial charge in [0.05, 0.1) is 5.02 Å². The molecule has 174 valence electrons. The fourth-order valence-electron chi connectivity index (χ4n) is 4.85. The van der Waals surface area contributed by atoms with Crippen molar-refractivity contribution in [3.05, 3.63) is 93.6 Å². The van der Waals surface area contributed by atoms with Crippen LogP contribution < -0.4 is 0 Å². The molecule has 2 nitrogen and oxygen atoms in total. The van der Waals surface area contributed by atoms with Gasteiger partial charge in [0.1, 0.15) is 10.7 Å². The molecule has 0 aliphatic heterocycles. The Bertz CT molecular complexity index is 1320. The number of aryl methyl sites for hydroxylation is 1. The number of amides is 1. The van der Waals surface area contributed by atoms with Crippen molar-refractivity contribution in [3.8, 4) is 11.1 Å². The summed E-state index contributed by atoms with van der Waals surface area (Å²) in [6.07, 6.45) is 5.22. The van der Waals surface area contributed by atoms with Crippen LogP contribution in [0.25, 0.3) is 21.2 Å². The number of carbonyl (C=O) groups is 1. The third-order valence-corrected chi connectivity index (χ3v) is 8.44. The highest BCUT2D eigenvalue weighted by atomic mass is 35.5. The Hall–Kier alpha value is -2.69. The molecule has 0 saturated heterocycles. The van der Waals surface area contributed by atoms with E-state index in [0.717, 1.165) is 46.9 Å². The first-order valence-electron chi connectivity index (χ1n) is 11.8. The van der Waals surface area contributed by atoms with E-state index in [1.54, 1.807) is 6.07 Å². The molecule has 0 spiro atoms. The monoisotopic (exact) mass is 491 g/mol. The van der Waals surface area contributed by atoms with Crippen molar-refractivity contribution in [1.82, 2.24) is 4.90 Å². The fraction of sp³-hybridized carbons (Fsp3) is 0.276. The van der Waals surface area contributed by atoms with Gasteiger partial charge >= 0.3 is 0 Å². The summed E-state index contributed by atoms with van der Waals surface area (Å²) in [6.45, 7) is 2.28. The normalized spacial score (nSPS) is 14.4. The van der Waals surface area contributed by atoms with Crippen LogP contribution in [0.5, 0.6) is 0 Å². The maximum atomic E-state index is 15.0. The Morgan fingerprint density at radius 3 is 2.44 bits per heavy atom. The van der Waals surface area contributed by atoms with E-state index in [9.17, 15) is 4.79 Å². The molecule has 1 aliphatic rings. The van der Waals surface area contributed by atoms with E-state index >= 15 is 4.39 Å². The highest BCUT2D eigenvalue weighted by molar-refractivity contribution is 7.21. The zero-order valence-corrected chi connectivity index (χ0v) is 20.8. The van der Waals surface area contributed by atoms with Crippen LogP contribution in [0.4, 0.5) is 4.39 Å². The largest absolute Gasteiger partial charge is 0.330 e. The minimum atomic E-state index is -0.285. The van der Waals surface area contributed by atoms with Crippen LogP contribution in [0, 0.1) is 12.7 Å². The Balaban J connectivity index is 1.51. The summed E-state index contributed by atoms with van der Waals surface area (Å²) >= 11 is 8.10. The molecule has 5 rings (SSSR count). The summed E-state index contributed by atoms with van der Waals surface area (Å²) in [6, 6.07) is 21.3. The molecule has 1 aromatic heterocycles. The summed E-state index contributed by atoms with van der Waals surface area (Å²) in [7, 11) is 0. The van der Waals surface area contributed by atoms with Crippen LogP contribution in [0.2, 0.25) is 5.02 Å². The summed E-state index contributed by atoms with van der Waals surface area (Å²) < 4.78 is 16.0. The summed E-state index contributed by atoms with van der Waals surface area (Å²) in [4.78, 5) is 16.3. The summed E-state index contributed by atoms with van der Waals surface area (Å²) in [5.74, 6) is -0.384. The van der Waals surface area contributed by atoms with Gasteiger partial charge in [0.25, 0.3) is 5.91 Å². The number of thiophene rings is 1. The minimum absolute atomic E-state index is 0.0879. The predicted molar refractivity (Wildman–Crippen MR) is 140 cm³/mol. The Morgan fingerprint density at radius 2 is 1.71 bits per heavy atom. The minimum Gasteiger partial charge on any atom is -0.330 e. The molecule has 4 aromatic rings. The second-order valence-electron chi connectivity index (χ2n) is 9.14. The van der Waals surface area contributed by atoms with Crippen molar-refractivity contribution in [3.63, 3.8) is 0 Å². The van der Waals surface area contributed by atoms with E-state index in [1.165, 1.54) is 29.4 Å². The first kappa shape index (κ1) is 23.1. The van der Waals surface area contributed by atoms with Crippen molar-refractivity contribution in [2.45, 2.75) is 51.6 Å². The fourth-order valence-corrected chi connectivity index (χ4v) is 6.31. The van der Waals surface area contributed by atoms with Gasteiger partial charge in [0, 0.05) is 28.2 Å². The molecule has 0 unspecified atom stereocenters. The molecule has 0 atom stereocenters. The number of fused-ring (bicyclic) bond motifs is 1. The average Bonchev–Trinajstić information content (AvgIpc) is 3.21. The lowest BCUT2D eigenvalue weighted by molar-refractivity contribution is 0.0617. The highest BCUT2D eigenvalue weighted by Gasteiger charge is 2.30. The Labute approximate surface area is 209 Å². The Kier molecular flexibility index (Phi) is 6.71. The third kappa shape index (κ3) is 4.62. The van der Waals surface area contributed by atoms with E-state index in [-0.39, 0.29) is 24.3 Å². The lowest BCUT2D eigenvalue weighted by Crippen LogP contribution is -2.41. The molecular formula is C29H27ClFNOS. The van der Waals surface area contributed by atoms with Crippen LogP contribution in [0.3, 0.4) is 0 Å². The molecule has 1 amide bonds. The second kappa shape index (κ2) is 9.89. The smallest absolute Gasteiger partial charge is 0.266 e. The maximum absolute atomic E-state index is 15.0. The molecule has 0 N–H and O–H groups in total. The van der Waals surface area contributed by atoms with E-state index in [0.29, 0.717) is 15.5 Å². The zero-order valence-electron chi connectivity index (χ0n) is 19.2. The van der Waals surface area contributed by atoms with Gasteiger partial charge in [-0.25, -0.2) is 4.39 Å². The molecular weight excluding hydrogens is 465 g/mol. The molecule has 1 aliphatic carbocycles. The van der Waals surface area contributed by atoms with Crippen molar-refractivity contribution >= 4 is 38.9 Å². The topological polar surface area (TPSA) is 20.3 Å². The molecule has 3 aromatic carbocycles. The highest BCUT2D eigenvalue weighted by Crippen LogP contribution is 2.37. The van der Waals surface area contributed by atoms with Crippen molar-refractivity contribution in [1.29, 1.82) is 0 Å². The Morgan fingerprint density at radius 1 is 1.00 bits per heavy atom. The third-order valence-electron chi connectivity index (χ3n) is 6.78. The molecule has 0 radical (unpaired) electrons. The first-order valence-corrected chi connectivity index (χ1v) is 13.0. The standard InChI is InChI=1S/C29H27ClFNOS/c1-19-11-13-20(14-12-19)21-15-16-25(31)22(17-21)18-32(23-7-3-2-4-8-23)29(33)28-27(30)24-9-5-6-10-26(24)34-28/h5-6,9-17,23H,2-4,7-8,18H2,1H3. The van der Waals surface area contributed by atoms with Gasteiger partial charge < -0.3 is 4.90 Å². The quantitative estimate of drug-likeness (QED) is 0.273. The number of halogens is 2. The van der Waals surface area contributed by atoms with E-state index in [4.69, 9.17) is 11.6 Å². The van der Waals surface area contributed by atoms with Crippen molar-refractivity contribution in [2.75, 3.05) is 0 Å². The van der Waals surface area contributed by atoms with E-state index in [1.807, 2.05) is 54.3 Å². The molecule has 1 saturated carbocycles. The molecule has 5 heteroatoms. The van der Waals surface area contributed by atoms with Crippen LogP contribution in [0.15, 0.2) is 66.7 Å². The van der Waals surface area contributed by atoms with Gasteiger partial charge in [-0.2, -0.15) is 0 Å². The number of rotatable bonds is 5. The molecule has 1 fully saturated rings. The molecule has 0 bridgehead atoms. The van der Waals surface area contributed by atoms with Crippen molar-refractivity contribution in [2.24, 2.45) is 0 Å². The van der Waals surface area contributed by atoms with E-state index in [2.05, 4.69) is 12.1 Å². The van der Waals surface area contributed by atoms with Crippen molar-refractivity contribution < 1.29 is 9.18 Å². The number of hydrogen-bond donors (Lipinski definition) is 0. The predicted octanol–water partition coefficient (Wildman–Crippen LogP) is 8.64. The average molecular weight is 492 g/mol. The van der Waals surface area contributed by atoms with Crippen LogP contribution >= 0.6 is 22.9 Å². The molecule has 1 heterocycles. The lowest BCUT2D eigenvalue weighted by atomic mass is 9.93. The van der Waals surface area contributed by atoms with Gasteiger partial charge in [0.15, 0.2) is 0 Å². The second-order valence-corrected chi connectivity index (χ2v) is 10.6. The molecule has 34 heavy (non-hydrogen) atoms. The lowest BCUT2D eigenvalue weighted by Gasteiger charge is -2.34. The maximum Gasteiger partial charge on any atom is 0.266 e. The van der Waals surface area contributed by atoms with Gasteiger partial charge in [0.2, 0.25) is 0 Å². The van der Waals surface area contributed by atoms with Gasteiger partial charge in [-0.1, -0.05) is 85.0 Å². The number of benzene rings is 3. The number of hydrogen-bond acceptors (Lipinski definition) is 2. The first-order chi connectivity index (χ1) is 16.5. The van der Waals surface area contributed by atoms with Crippen LogP contribution in [-0.2, 0) is 6.54 Å². The van der Waals surface area contributed by atoms with Gasteiger partial charge in [-0.15, -0.1) is 11.3 Å². The van der Waals surface area contributed by atoms with E-state index < -0.39 is 0 Å². The van der Waals surface area contributed by atoms with Gasteiger partial charge in [-0.3, -0.25) is 4.79 Å². The van der Waals surface area contributed by atoms with Crippen LogP contribution in [0.1, 0.15) is 52.9 Å². The summed E-state index contributed by atoms with van der Waals surface area (Å²) in [5, 5.41) is 1.40. The SMILES string of the molecule is Cc1ccc(-c2ccc(F)c(CN(C(=O)c3sc4ccccc4c3Cl)C3CCCCC3)c2)cc1. The number of carbonyl (C=O) groups excluding carboxylic acids is 1. The summed E-state index contributed by atoms with van der Waals surface area (Å²) in [5.41, 5.74) is 3.71.